The van der Waals surface area contributed by atoms with Crippen molar-refractivity contribution in [3.05, 3.63) is 46.6 Å². The normalized spacial score (nSPS) is 16.4. The number of carboxylic acids is 1. The van der Waals surface area contributed by atoms with E-state index in [9.17, 15) is 9.90 Å². The largest absolute Gasteiger partial charge is 0.477 e. The predicted molar refractivity (Wildman–Crippen MR) is 98.3 cm³/mol. The van der Waals surface area contributed by atoms with Gasteiger partial charge >= 0.3 is 5.97 Å². The molecule has 0 radical (unpaired) electrons. The Morgan fingerprint density at radius 1 is 1.25 bits per heavy atom. The highest BCUT2D eigenvalue weighted by molar-refractivity contribution is 6.30. The molecule has 0 amide bonds. The molecule has 1 aliphatic heterocycles. The highest BCUT2D eigenvalue weighted by atomic mass is 35.5. The summed E-state index contributed by atoms with van der Waals surface area (Å²) in [4.78, 5) is 16.0. The van der Waals surface area contributed by atoms with Gasteiger partial charge in [0.05, 0.1) is 0 Å². The molecule has 1 saturated heterocycles. The van der Waals surface area contributed by atoms with Crippen molar-refractivity contribution in [1.82, 2.24) is 15.3 Å². The Morgan fingerprint density at radius 2 is 2.07 bits per heavy atom. The molecule has 146 valence electrons. The van der Waals surface area contributed by atoms with Crippen molar-refractivity contribution in [2.75, 3.05) is 18.5 Å². The standard InChI is InChI=1S/C18H17ClN4O5/c19-11-5-3-10(4-6-11)15-14(18(24)25)16(23-27-15)20-8-7-13-21-17(28-22-13)12-2-1-9-26-12/h3-6,12H,1-2,7-9H2,(H,20,23)(H,24,25). The van der Waals surface area contributed by atoms with Gasteiger partial charge in [-0.3, -0.25) is 0 Å². The maximum atomic E-state index is 11.7. The second kappa shape index (κ2) is 7.99. The molecule has 3 aromatic rings. The van der Waals surface area contributed by atoms with E-state index >= 15 is 0 Å². The van der Waals surface area contributed by atoms with E-state index in [0.29, 0.717) is 41.9 Å². The van der Waals surface area contributed by atoms with E-state index in [1.165, 1.54) is 0 Å². The average molecular weight is 405 g/mol. The number of carboxylic acid groups (broad SMARTS) is 1. The lowest BCUT2D eigenvalue weighted by atomic mass is 10.1. The lowest BCUT2D eigenvalue weighted by molar-refractivity contribution is 0.0698. The van der Waals surface area contributed by atoms with Gasteiger partial charge < -0.3 is 24.2 Å². The van der Waals surface area contributed by atoms with Gasteiger partial charge in [0.25, 0.3) is 5.89 Å². The van der Waals surface area contributed by atoms with Crippen molar-refractivity contribution in [1.29, 1.82) is 0 Å². The van der Waals surface area contributed by atoms with Crippen LogP contribution in [0.15, 0.2) is 33.3 Å². The molecule has 0 bridgehead atoms. The van der Waals surface area contributed by atoms with Crippen molar-refractivity contribution >= 4 is 23.4 Å². The summed E-state index contributed by atoms with van der Waals surface area (Å²) in [5.74, 6) is 0.141. The number of anilines is 1. The molecule has 2 aromatic heterocycles. The Balaban J connectivity index is 1.43. The van der Waals surface area contributed by atoms with Gasteiger partial charge in [0.1, 0.15) is 6.10 Å². The number of aromatic carboxylic acids is 1. The van der Waals surface area contributed by atoms with Crippen molar-refractivity contribution in [2.45, 2.75) is 25.4 Å². The molecule has 1 aliphatic rings. The summed E-state index contributed by atoms with van der Waals surface area (Å²) in [5, 5.41) is 20.9. The highest BCUT2D eigenvalue weighted by Crippen LogP contribution is 2.30. The summed E-state index contributed by atoms with van der Waals surface area (Å²) in [6, 6.07) is 6.65. The molecular formula is C18H17ClN4O5. The second-order valence-corrected chi connectivity index (χ2v) is 6.71. The molecule has 2 N–H and O–H groups in total. The summed E-state index contributed by atoms with van der Waals surface area (Å²) in [6.45, 7) is 1.06. The van der Waals surface area contributed by atoms with Crippen LogP contribution in [0.2, 0.25) is 5.02 Å². The topological polar surface area (TPSA) is 124 Å². The molecule has 10 heteroatoms. The fourth-order valence-corrected chi connectivity index (χ4v) is 3.10. The summed E-state index contributed by atoms with van der Waals surface area (Å²) >= 11 is 5.87. The molecule has 9 nitrogen and oxygen atoms in total. The lowest BCUT2D eigenvalue weighted by Crippen LogP contribution is -2.10. The molecule has 0 aliphatic carbocycles. The summed E-state index contributed by atoms with van der Waals surface area (Å²) in [5.41, 5.74) is 0.525. The van der Waals surface area contributed by atoms with Gasteiger partial charge in [0.15, 0.2) is 23.0 Å². The molecule has 3 heterocycles. The molecule has 1 atom stereocenters. The van der Waals surface area contributed by atoms with Crippen LogP contribution < -0.4 is 5.32 Å². The van der Waals surface area contributed by atoms with Crippen LogP contribution in [0.25, 0.3) is 11.3 Å². The van der Waals surface area contributed by atoms with E-state index in [4.69, 9.17) is 25.4 Å². The summed E-state index contributed by atoms with van der Waals surface area (Å²) < 4.78 is 16.0. The average Bonchev–Trinajstić information content (AvgIpc) is 3.43. The minimum atomic E-state index is -1.14. The molecule has 28 heavy (non-hydrogen) atoms. The molecular weight excluding hydrogens is 388 g/mol. The van der Waals surface area contributed by atoms with Crippen LogP contribution in [-0.2, 0) is 11.2 Å². The minimum Gasteiger partial charge on any atom is -0.477 e. The first kappa shape index (κ1) is 18.5. The van der Waals surface area contributed by atoms with Gasteiger partial charge in [-0.05, 0) is 37.1 Å². The first-order chi connectivity index (χ1) is 13.6. The third-order valence-electron chi connectivity index (χ3n) is 4.34. The Labute approximate surface area is 164 Å². The molecule has 1 aromatic carbocycles. The zero-order valence-electron chi connectivity index (χ0n) is 14.7. The van der Waals surface area contributed by atoms with E-state index in [1.54, 1.807) is 24.3 Å². The Hall–Kier alpha value is -2.91. The quantitative estimate of drug-likeness (QED) is 0.607. The molecule has 0 saturated carbocycles. The van der Waals surface area contributed by atoms with E-state index in [1.807, 2.05) is 0 Å². The zero-order chi connectivity index (χ0) is 19.5. The van der Waals surface area contributed by atoms with Crippen LogP contribution in [0.3, 0.4) is 0 Å². The number of hydrogen-bond acceptors (Lipinski definition) is 8. The Bertz CT molecular complexity index is 963. The van der Waals surface area contributed by atoms with Crippen LogP contribution in [0, 0.1) is 0 Å². The highest BCUT2D eigenvalue weighted by Gasteiger charge is 2.25. The molecule has 1 fully saturated rings. The van der Waals surface area contributed by atoms with E-state index < -0.39 is 5.97 Å². The van der Waals surface area contributed by atoms with Crippen molar-refractivity contribution in [3.63, 3.8) is 0 Å². The lowest BCUT2D eigenvalue weighted by Gasteiger charge is -2.02. The molecule has 0 spiro atoms. The van der Waals surface area contributed by atoms with Gasteiger partial charge in [-0.1, -0.05) is 21.9 Å². The Morgan fingerprint density at radius 3 is 2.79 bits per heavy atom. The maximum absolute atomic E-state index is 11.7. The summed E-state index contributed by atoms with van der Waals surface area (Å²) in [7, 11) is 0. The van der Waals surface area contributed by atoms with Crippen molar-refractivity contribution in [3.8, 4) is 11.3 Å². The first-order valence-electron chi connectivity index (χ1n) is 8.78. The van der Waals surface area contributed by atoms with Gasteiger partial charge in [-0.25, -0.2) is 4.79 Å². The number of aromatic nitrogens is 3. The van der Waals surface area contributed by atoms with Crippen molar-refractivity contribution in [2.24, 2.45) is 0 Å². The van der Waals surface area contributed by atoms with Crippen LogP contribution >= 0.6 is 11.6 Å². The van der Waals surface area contributed by atoms with Gasteiger partial charge in [0, 0.05) is 30.2 Å². The second-order valence-electron chi connectivity index (χ2n) is 6.27. The van der Waals surface area contributed by atoms with E-state index in [-0.39, 0.29) is 23.2 Å². The summed E-state index contributed by atoms with van der Waals surface area (Å²) in [6.07, 6.45) is 2.14. The predicted octanol–water partition coefficient (Wildman–Crippen LogP) is 3.58. The first-order valence-corrected chi connectivity index (χ1v) is 9.16. The number of halogens is 1. The van der Waals surface area contributed by atoms with Crippen LogP contribution in [0.1, 0.15) is 41.0 Å². The maximum Gasteiger partial charge on any atom is 0.343 e. The van der Waals surface area contributed by atoms with Crippen molar-refractivity contribution < 1.29 is 23.7 Å². The van der Waals surface area contributed by atoms with Crippen LogP contribution in [0.5, 0.6) is 0 Å². The zero-order valence-corrected chi connectivity index (χ0v) is 15.5. The van der Waals surface area contributed by atoms with E-state index in [0.717, 1.165) is 12.8 Å². The van der Waals surface area contributed by atoms with Gasteiger partial charge in [0.2, 0.25) is 0 Å². The number of nitrogens with one attached hydrogen (secondary N) is 1. The SMILES string of the molecule is O=C(O)c1c(NCCc2noc(C3CCCO3)n2)noc1-c1ccc(Cl)cc1. The fourth-order valence-electron chi connectivity index (χ4n) is 2.97. The minimum absolute atomic E-state index is 0.0459. The number of ether oxygens (including phenoxy) is 1. The van der Waals surface area contributed by atoms with Crippen LogP contribution in [0.4, 0.5) is 5.82 Å². The fraction of sp³-hybridized carbons (Fsp3) is 0.333. The number of carbonyl (C=O) groups is 1. The van der Waals surface area contributed by atoms with E-state index in [2.05, 4.69) is 20.6 Å². The molecule has 4 rings (SSSR count). The number of rotatable bonds is 7. The Kier molecular flexibility index (Phi) is 5.27. The number of hydrogen-bond donors (Lipinski definition) is 2. The monoisotopic (exact) mass is 404 g/mol. The smallest absolute Gasteiger partial charge is 0.343 e. The number of benzene rings is 1. The van der Waals surface area contributed by atoms with Gasteiger partial charge in [-0.2, -0.15) is 4.98 Å². The third-order valence-corrected chi connectivity index (χ3v) is 4.59. The van der Waals surface area contributed by atoms with Crippen LogP contribution in [-0.4, -0.2) is 39.5 Å². The molecule has 1 unspecified atom stereocenters. The number of nitrogens with zero attached hydrogens (tertiary/aromatic N) is 3. The van der Waals surface area contributed by atoms with Gasteiger partial charge in [-0.15, -0.1) is 0 Å². The third kappa shape index (κ3) is 3.85.